The Morgan fingerprint density at radius 3 is 2.44 bits per heavy atom. The van der Waals surface area contributed by atoms with Crippen LogP contribution in [-0.2, 0) is 14.3 Å². The third kappa shape index (κ3) is 5.48. The van der Waals surface area contributed by atoms with E-state index in [0.717, 1.165) is 29.4 Å². The third-order valence-corrected chi connectivity index (χ3v) is 7.52. The second-order valence-corrected chi connectivity index (χ2v) is 10.1. The molecule has 0 aromatic heterocycles. The van der Waals surface area contributed by atoms with Crippen LogP contribution >= 0.6 is 0 Å². The number of piperidine rings is 1. The lowest BCUT2D eigenvalue weighted by Crippen LogP contribution is -2.55. The number of likely N-dealkylation sites (tertiary alicyclic amines) is 1. The highest BCUT2D eigenvalue weighted by Gasteiger charge is 2.42. The molecule has 8 nitrogen and oxygen atoms in total. The molecular weight excluding hydrogens is 458 g/mol. The van der Waals surface area contributed by atoms with Crippen LogP contribution in [0.2, 0.25) is 0 Å². The topological polar surface area (TPSA) is 97.0 Å². The van der Waals surface area contributed by atoms with Gasteiger partial charge in [-0.05, 0) is 57.0 Å². The van der Waals surface area contributed by atoms with E-state index in [1.54, 1.807) is 14.0 Å². The Bertz CT molecular complexity index is 1110. The fraction of sp³-hybridized carbons (Fsp3) is 0.536. The lowest BCUT2D eigenvalue weighted by atomic mass is 9.73. The molecule has 2 heterocycles. The molecule has 4 rings (SSSR count). The summed E-state index contributed by atoms with van der Waals surface area (Å²) in [4.78, 5) is 41.4. The van der Waals surface area contributed by atoms with Gasteiger partial charge in [0.05, 0.1) is 19.1 Å². The zero-order valence-corrected chi connectivity index (χ0v) is 21.5. The van der Waals surface area contributed by atoms with Crippen molar-refractivity contribution in [3.05, 3.63) is 42.0 Å². The van der Waals surface area contributed by atoms with E-state index < -0.39 is 11.5 Å². The number of hydrogen-bond donors (Lipinski definition) is 2. The Balaban J connectivity index is 1.50. The zero-order chi connectivity index (χ0) is 25.7. The molecule has 194 valence electrons. The summed E-state index contributed by atoms with van der Waals surface area (Å²) in [7, 11) is 1.63. The Morgan fingerprint density at radius 1 is 1.00 bits per heavy atom. The van der Waals surface area contributed by atoms with Crippen molar-refractivity contribution in [2.45, 2.75) is 58.0 Å². The predicted octanol–water partition coefficient (Wildman–Crippen LogP) is 3.28. The summed E-state index contributed by atoms with van der Waals surface area (Å²) in [5, 5.41) is 7.61. The molecule has 0 bridgehead atoms. The quantitative estimate of drug-likeness (QED) is 0.667. The van der Waals surface area contributed by atoms with E-state index >= 15 is 0 Å². The van der Waals surface area contributed by atoms with Crippen LogP contribution in [0.15, 0.2) is 36.4 Å². The van der Waals surface area contributed by atoms with Crippen molar-refractivity contribution in [3.8, 4) is 5.75 Å². The van der Waals surface area contributed by atoms with Crippen LogP contribution in [0.1, 0.15) is 56.3 Å². The van der Waals surface area contributed by atoms with Crippen molar-refractivity contribution >= 4 is 28.5 Å². The Kier molecular flexibility index (Phi) is 8.14. The smallest absolute Gasteiger partial charge is 0.254 e. The van der Waals surface area contributed by atoms with Crippen molar-refractivity contribution in [1.29, 1.82) is 0 Å². The molecule has 1 spiro atoms. The van der Waals surface area contributed by atoms with Crippen LogP contribution in [0.25, 0.3) is 10.8 Å². The standard InChI is InChI=1S/C28H37N3O5/c1-19-18-36-17-7-6-12-28(27(34)30-20(2)25(32)29-19)13-15-31(16-14-28)26(33)23-10-11-24(35-3)22-9-5-4-8-21(22)23/h4-5,8-11,19-20H,6-7,12-18H2,1-3H3,(H,29,32)(H,30,34)/t19-,20-/m0/s1. The monoisotopic (exact) mass is 495 g/mol. The van der Waals surface area contributed by atoms with Gasteiger partial charge in [-0.1, -0.05) is 30.7 Å². The number of nitrogens with one attached hydrogen (secondary N) is 2. The van der Waals surface area contributed by atoms with E-state index in [2.05, 4.69) is 10.6 Å². The number of amides is 3. The first-order chi connectivity index (χ1) is 17.3. The molecule has 3 amide bonds. The second kappa shape index (κ2) is 11.3. The molecular formula is C28H37N3O5. The molecule has 0 unspecified atom stereocenters. The van der Waals surface area contributed by atoms with E-state index in [0.29, 0.717) is 51.1 Å². The Hall–Kier alpha value is -3.13. The number of benzene rings is 2. The molecule has 2 aromatic rings. The molecule has 0 radical (unpaired) electrons. The van der Waals surface area contributed by atoms with E-state index in [9.17, 15) is 14.4 Å². The molecule has 8 heteroatoms. The van der Waals surface area contributed by atoms with Gasteiger partial charge in [0.25, 0.3) is 5.91 Å². The molecule has 0 aliphatic carbocycles. The van der Waals surface area contributed by atoms with Gasteiger partial charge in [-0.15, -0.1) is 0 Å². The van der Waals surface area contributed by atoms with E-state index in [1.807, 2.05) is 48.2 Å². The van der Waals surface area contributed by atoms with Crippen LogP contribution in [0.3, 0.4) is 0 Å². The van der Waals surface area contributed by atoms with Gasteiger partial charge in [0.15, 0.2) is 0 Å². The molecule has 0 saturated carbocycles. The minimum Gasteiger partial charge on any atom is -0.496 e. The number of ether oxygens (including phenoxy) is 2. The maximum atomic E-state index is 13.6. The highest BCUT2D eigenvalue weighted by atomic mass is 16.5. The highest BCUT2D eigenvalue weighted by molar-refractivity contribution is 6.08. The van der Waals surface area contributed by atoms with Gasteiger partial charge >= 0.3 is 0 Å². The minimum atomic E-state index is -0.636. The summed E-state index contributed by atoms with van der Waals surface area (Å²) < 4.78 is 11.2. The molecule has 2 saturated heterocycles. The Labute approximate surface area is 212 Å². The van der Waals surface area contributed by atoms with Crippen LogP contribution < -0.4 is 15.4 Å². The van der Waals surface area contributed by atoms with Crippen LogP contribution in [0, 0.1) is 5.41 Å². The van der Waals surface area contributed by atoms with Crippen LogP contribution in [0.5, 0.6) is 5.75 Å². The third-order valence-electron chi connectivity index (χ3n) is 7.52. The maximum Gasteiger partial charge on any atom is 0.254 e. The van der Waals surface area contributed by atoms with Gasteiger partial charge in [-0.25, -0.2) is 0 Å². The molecule has 2 N–H and O–H groups in total. The van der Waals surface area contributed by atoms with Crippen LogP contribution in [0.4, 0.5) is 0 Å². The Morgan fingerprint density at radius 2 is 1.72 bits per heavy atom. The number of hydrogen-bond acceptors (Lipinski definition) is 5. The number of rotatable bonds is 2. The number of carbonyl (C=O) groups excluding carboxylic acids is 3. The first-order valence-electron chi connectivity index (χ1n) is 12.9. The summed E-state index contributed by atoms with van der Waals surface area (Å²) in [5.74, 6) is 0.383. The summed E-state index contributed by atoms with van der Waals surface area (Å²) in [6.45, 7) is 5.63. The highest BCUT2D eigenvalue weighted by Crippen LogP contribution is 2.38. The average molecular weight is 496 g/mol. The lowest BCUT2D eigenvalue weighted by molar-refractivity contribution is -0.137. The SMILES string of the molecule is COc1ccc(C(=O)N2CCC3(CCCCOC[C@H](C)NC(=O)[C@H](C)NC3=O)CC2)c2ccccc12. The molecule has 2 fully saturated rings. The lowest BCUT2D eigenvalue weighted by Gasteiger charge is -2.41. The number of nitrogens with zero attached hydrogens (tertiary/aromatic N) is 1. The van der Waals surface area contributed by atoms with Crippen molar-refractivity contribution in [2.75, 3.05) is 33.4 Å². The van der Waals surface area contributed by atoms with Crippen molar-refractivity contribution < 1.29 is 23.9 Å². The summed E-state index contributed by atoms with van der Waals surface area (Å²) in [6.07, 6.45) is 3.54. The maximum absolute atomic E-state index is 13.6. The number of fused-ring (bicyclic) bond motifs is 1. The van der Waals surface area contributed by atoms with Gasteiger partial charge in [0.2, 0.25) is 11.8 Å². The number of carbonyl (C=O) groups is 3. The summed E-state index contributed by atoms with van der Waals surface area (Å²) >= 11 is 0. The van der Waals surface area contributed by atoms with E-state index in [4.69, 9.17) is 9.47 Å². The molecule has 36 heavy (non-hydrogen) atoms. The summed E-state index contributed by atoms with van der Waals surface area (Å²) in [6, 6.07) is 10.6. The van der Waals surface area contributed by atoms with Crippen molar-refractivity contribution in [2.24, 2.45) is 5.41 Å². The fourth-order valence-electron chi connectivity index (χ4n) is 5.29. The van der Waals surface area contributed by atoms with Crippen molar-refractivity contribution in [1.82, 2.24) is 15.5 Å². The summed E-state index contributed by atoms with van der Waals surface area (Å²) in [5.41, 5.74) is 0.0331. The van der Waals surface area contributed by atoms with Gasteiger partial charge < -0.3 is 25.0 Å². The largest absolute Gasteiger partial charge is 0.496 e. The van der Waals surface area contributed by atoms with Gasteiger partial charge in [0, 0.05) is 36.7 Å². The van der Waals surface area contributed by atoms with Gasteiger partial charge in [0.1, 0.15) is 11.8 Å². The van der Waals surface area contributed by atoms with Crippen LogP contribution in [-0.4, -0.2) is 68.1 Å². The first kappa shape index (κ1) is 25.9. The number of methoxy groups -OCH3 is 1. The first-order valence-corrected chi connectivity index (χ1v) is 12.9. The molecule has 2 aliphatic rings. The second-order valence-electron chi connectivity index (χ2n) is 10.1. The molecule has 2 aromatic carbocycles. The van der Waals surface area contributed by atoms with Gasteiger partial charge in [-0.2, -0.15) is 0 Å². The average Bonchev–Trinajstić information content (AvgIpc) is 2.89. The minimum absolute atomic E-state index is 0.0381. The fourth-order valence-corrected chi connectivity index (χ4v) is 5.29. The van der Waals surface area contributed by atoms with E-state index in [-0.39, 0.29) is 23.8 Å². The van der Waals surface area contributed by atoms with Crippen molar-refractivity contribution in [3.63, 3.8) is 0 Å². The predicted molar refractivity (Wildman–Crippen MR) is 138 cm³/mol. The van der Waals surface area contributed by atoms with Gasteiger partial charge in [-0.3, -0.25) is 14.4 Å². The molecule has 2 atom stereocenters. The molecule has 2 aliphatic heterocycles. The normalized spacial score (nSPS) is 23.7. The zero-order valence-electron chi connectivity index (χ0n) is 21.5. The van der Waals surface area contributed by atoms with E-state index in [1.165, 1.54) is 0 Å².